The molecule has 0 radical (unpaired) electrons. The number of methoxy groups -OCH3 is 1. The van der Waals surface area contributed by atoms with Gasteiger partial charge in [0.05, 0.1) is 24.3 Å². The first kappa shape index (κ1) is 14.9. The van der Waals surface area contributed by atoms with E-state index in [1.54, 1.807) is 12.1 Å². The average molecular weight is 396 g/mol. The van der Waals surface area contributed by atoms with Crippen LogP contribution < -0.4 is 10.1 Å². The number of aliphatic hydroxyl groups excluding tert-OH is 1. The van der Waals surface area contributed by atoms with Crippen LogP contribution in [0.1, 0.15) is 23.2 Å². The zero-order valence-electron chi connectivity index (χ0n) is 10.5. The third-order valence-electron chi connectivity index (χ3n) is 3.40. The Morgan fingerprint density at radius 2 is 2.26 bits per heavy atom. The number of benzene rings is 1. The Hall–Kier alpha value is -0.530. The highest BCUT2D eigenvalue weighted by molar-refractivity contribution is 14.1. The third kappa shape index (κ3) is 3.32. The highest BCUT2D eigenvalue weighted by Gasteiger charge is 2.42. The van der Waals surface area contributed by atoms with Gasteiger partial charge in [-0.1, -0.05) is 11.6 Å². The van der Waals surface area contributed by atoms with Crippen LogP contribution in [-0.4, -0.2) is 31.3 Å². The standard InChI is InChI=1S/C13H15ClINO3/c1-19-11-5-10(15)9(14)4-8(11)12(18)16-6-13(7-17)2-3-13/h4-5,17H,2-3,6-7H2,1H3,(H,16,18). The Morgan fingerprint density at radius 3 is 2.79 bits per heavy atom. The highest BCUT2D eigenvalue weighted by atomic mass is 127. The fourth-order valence-electron chi connectivity index (χ4n) is 1.81. The van der Waals surface area contributed by atoms with Gasteiger partial charge in [-0.3, -0.25) is 4.79 Å². The molecule has 1 aromatic rings. The number of hydrogen-bond acceptors (Lipinski definition) is 3. The monoisotopic (exact) mass is 395 g/mol. The molecule has 4 nitrogen and oxygen atoms in total. The van der Waals surface area contributed by atoms with Gasteiger partial charge in [-0.2, -0.15) is 0 Å². The van der Waals surface area contributed by atoms with Gasteiger partial charge in [-0.05, 0) is 47.6 Å². The lowest BCUT2D eigenvalue weighted by Crippen LogP contribution is -2.32. The molecule has 0 aliphatic heterocycles. The molecule has 0 saturated heterocycles. The Labute approximate surface area is 130 Å². The fraction of sp³-hybridized carbons (Fsp3) is 0.462. The van der Waals surface area contributed by atoms with Crippen molar-refractivity contribution in [1.29, 1.82) is 0 Å². The Morgan fingerprint density at radius 1 is 1.58 bits per heavy atom. The summed E-state index contributed by atoms with van der Waals surface area (Å²) in [7, 11) is 1.52. The minimum atomic E-state index is -0.227. The topological polar surface area (TPSA) is 58.6 Å². The van der Waals surface area contributed by atoms with E-state index in [4.69, 9.17) is 16.3 Å². The van der Waals surface area contributed by atoms with Crippen molar-refractivity contribution in [3.05, 3.63) is 26.3 Å². The summed E-state index contributed by atoms with van der Waals surface area (Å²) in [5.41, 5.74) is 0.303. The van der Waals surface area contributed by atoms with Crippen molar-refractivity contribution in [3.63, 3.8) is 0 Å². The van der Waals surface area contributed by atoms with Gasteiger partial charge in [0, 0.05) is 15.5 Å². The molecule has 19 heavy (non-hydrogen) atoms. The van der Waals surface area contributed by atoms with E-state index in [2.05, 4.69) is 27.9 Å². The molecule has 1 amide bonds. The van der Waals surface area contributed by atoms with E-state index in [-0.39, 0.29) is 17.9 Å². The number of aliphatic hydroxyl groups is 1. The van der Waals surface area contributed by atoms with Crippen LogP contribution in [0.25, 0.3) is 0 Å². The van der Waals surface area contributed by atoms with Crippen LogP contribution in [0.5, 0.6) is 5.75 Å². The van der Waals surface area contributed by atoms with Crippen molar-refractivity contribution in [2.75, 3.05) is 20.3 Å². The van der Waals surface area contributed by atoms with E-state index in [9.17, 15) is 9.90 Å². The number of rotatable bonds is 5. The summed E-state index contributed by atoms with van der Waals surface area (Å²) in [5.74, 6) is 0.273. The second kappa shape index (κ2) is 5.85. The second-order valence-corrected chi connectivity index (χ2v) is 6.38. The largest absolute Gasteiger partial charge is 0.496 e. The Kier molecular flexibility index (Phi) is 4.58. The second-order valence-electron chi connectivity index (χ2n) is 4.81. The van der Waals surface area contributed by atoms with Crippen LogP contribution in [0.4, 0.5) is 0 Å². The van der Waals surface area contributed by atoms with Crippen molar-refractivity contribution in [2.24, 2.45) is 5.41 Å². The summed E-state index contributed by atoms with van der Waals surface area (Å²) in [6.07, 6.45) is 1.91. The Balaban J connectivity index is 2.12. The minimum Gasteiger partial charge on any atom is -0.496 e. The molecule has 1 aliphatic rings. The molecule has 104 valence electrons. The Bertz CT molecular complexity index is 503. The van der Waals surface area contributed by atoms with E-state index >= 15 is 0 Å². The van der Waals surface area contributed by atoms with E-state index in [1.165, 1.54) is 7.11 Å². The summed E-state index contributed by atoms with van der Waals surface area (Å²) < 4.78 is 6.04. The zero-order valence-corrected chi connectivity index (χ0v) is 13.4. The molecule has 0 atom stereocenters. The predicted molar refractivity (Wildman–Crippen MR) is 81.8 cm³/mol. The van der Waals surface area contributed by atoms with E-state index < -0.39 is 0 Å². The first-order chi connectivity index (χ1) is 9.01. The number of amides is 1. The molecule has 1 fully saturated rings. The van der Waals surface area contributed by atoms with Gasteiger partial charge in [0.1, 0.15) is 5.75 Å². The molecule has 2 rings (SSSR count). The SMILES string of the molecule is COc1cc(I)c(Cl)cc1C(=O)NCC1(CO)CC1. The van der Waals surface area contributed by atoms with Crippen molar-refractivity contribution in [1.82, 2.24) is 5.32 Å². The number of hydrogen-bond donors (Lipinski definition) is 2. The average Bonchev–Trinajstić information content (AvgIpc) is 3.19. The van der Waals surface area contributed by atoms with Gasteiger partial charge in [0.15, 0.2) is 0 Å². The summed E-state index contributed by atoms with van der Waals surface area (Å²) in [6.45, 7) is 0.590. The van der Waals surface area contributed by atoms with Crippen molar-refractivity contribution in [2.45, 2.75) is 12.8 Å². The molecule has 0 aromatic heterocycles. The molecule has 6 heteroatoms. The molecule has 0 unspecified atom stereocenters. The summed E-state index contributed by atoms with van der Waals surface area (Å²) in [5, 5.41) is 12.6. The lowest BCUT2D eigenvalue weighted by atomic mass is 10.1. The maximum atomic E-state index is 12.1. The number of halogens is 2. The molecular weight excluding hydrogens is 381 g/mol. The zero-order chi connectivity index (χ0) is 14.0. The van der Waals surface area contributed by atoms with E-state index in [1.807, 2.05) is 0 Å². The van der Waals surface area contributed by atoms with Crippen LogP contribution in [0.2, 0.25) is 5.02 Å². The maximum absolute atomic E-state index is 12.1. The smallest absolute Gasteiger partial charge is 0.255 e. The van der Waals surface area contributed by atoms with Gasteiger partial charge in [-0.25, -0.2) is 0 Å². The molecule has 2 N–H and O–H groups in total. The van der Waals surface area contributed by atoms with Gasteiger partial charge in [0.2, 0.25) is 0 Å². The summed E-state index contributed by atoms with van der Waals surface area (Å²) in [4.78, 5) is 12.1. The number of nitrogens with one attached hydrogen (secondary N) is 1. The lowest BCUT2D eigenvalue weighted by Gasteiger charge is -2.14. The highest BCUT2D eigenvalue weighted by Crippen LogP contribution is 2.44. The van der Waals surface area contributed by atoms with Crippen molar-refractivity contribution >= 4 is 40.1 Å². The number of carbonyl (C=O) groups excluding carboxylic acids is 1. The molecule has 0 spiro atoms. The van der Waals surface area contributed by atoms with E-state index in [0.717, 1.165) is 16.4 Å². The van der Waals surface area contributed by atoms with Crippen LogP contribution in [0.3, 0.4) is 0 Å². The van der Waals surface area contributed by atoms with Crippen LogP contribution >= 0.6 is 34.2 Å². The van der Waals surface area contributed by atoms with Crippen LogP contribution in [0.15, 0.2) is 12.1 Å². The van der Waals surface area contributed by atoms with Gasteiger partial charge in [-0.15, -0.1) is 0 Å². The van der Waals surface area contributed by atoms with Gasteiger partial charge >= 0.3 is 0 Å². The molecule has 1 aliphatic carbocycles. The molecule has 0 bridgehead atoms. The lowest BCUT2D eigenvalue weighted by molar-refractivity contribution is 0.0932. The van der Waals surface area contributed by atoms with E-state index in [0.29, 0.717) is 22.9 Å². The maximum Gasteiger partial charge on any atom is 0.255 e. The first-order valence-corrected chi connectivity index (χ1v) is 7.39. The van der Waals surface area contributed by atoms with Gasteiger partial charge in [0.25, 0.3) is 5.91 Å². The molecular formula is C13H15ClINO3. The molecule has 0 heterocycles. The first-order valence-electron chi connectivity index (χ1n) is 5.93. The normalized spacial score (nSPS) is 16.0. The minimum absolute atomic E-state index is 0.109. The van der Waals surface area contributed by atoms with Crippen molar-refractivity contribution in [3.8, 4) is 5.75 Å². The molecule has 1 aromatic carbocycles. The quantitative estimate of drug-likeness (QED) is 0.753. The summed E-state index contributed by atoms with van der Waals surface area (Å²) >= 11 is 8.12. The third-order valence-corrected chi connectivity index (χ3v) is 4.93. The van der Waals surface area contributed by atoms with Crippen LogP contribution in [-0.2, 0) is 0 Å². The predicted octanol–water partition coefficient (Wildman–Crippen LogP) is 2.46. The number of ether oxygens (including phenoxy) is 1. The number of carbonyl (C=O) groups is 1. The summed E-state index contributed by atoms with van der Waals surface area (Å²) in [6, 6.07) is 3.34. The van der Waals surface area contributed by atoms with Gasteiger partial charge < -0.3 is 15.2 Å². The molecule has 1 saturated carbocycles. The van der Waals surface area contributed by atoms with Crippen LogP contribution in [0, 0.1) is 8.99 Å². The fourth-order valence-corrected chi connectivity index (χ4v) is 2.41. The van der Waals surface area contributed by atoms with Crippen molar-refractivity contribution < 1.29 is 14.6 Å².